The molecule has 1 unspecified atom stereocenters. The van der Waals surface area contributed by atoms with Gasteiger partial charge >= 0.3 is 6.03 Å². The third-order valence-electron chi connectivity index (χ3n) is 3.77. The van der Waals surface area contributed by atoms with Crippen LogP contribution in [0.25, 0.3) is 0 Å². The quantitative estimate of drug-likeness (QED) is 0.679. The van der Waals surface area contributed by atoms with Gasteiger partial charge in [-0.15, -0.1) is 0 Å². The van der Waals surface area contributed by atoms with E-state index in [4.69, 9.17) is 5.11 Å². The third kappa shape index (κ3) is 6.25. The normalized spacial score (nSPS) is 22.3. The van der Waals surface area contributed by atoms with Crippen molar-refractivity contribution in [3.8, 4) is 0 Å². The maximum absolute atomic E-state index is 11.7. The van der Waals surface area contributed by atoms with Crippen molar-refractivity contribution in [2.24, 2.45) is 5.92 Å². The number of urea groups is 1. The van der Waals surface area contributed by atoms with Gasteiger partial charge in [-0.1, -0.05) is 0 Å². The van der Waals surface area contributed by atoms with Crippen LogP contribution in [0.15, 0.2) is 0 Å². The lowest BCUT2D eigenvalue weighted by atomic mass is 9.97. The zero-order valence-electron chi connectivity index (χ0n) is 12.5. The van der Waals surface area contributed by atoms with Gasteiger partial charge < -0.3 is 20.6 Å². The maximum atomic E-state index is 11.7. The van der Waals surface area contributed by atoms with E-state index in [-0.39, 0.29) is 18.7 Å². The fourth-order valence-electron chi connectivity index (χ4n) is 2.51. The molecule has 0 aromatic carbocycles. The van der Waals surface area contributed by atoms with Gasteiger partial charge in [0.05, 0.1) is 0 Å². The standard InChI is InChI=1S/C14H29N3O2/c1-11(2)17-7-4-5-13(10-17)9-15-14(19)16-12(3)6-8-18/h11-13,18H,4-10H2,1-3H3,(H2,15,16,19)/t12-,13?/m1/s1. The van der Waals surface area contributed by atoms with Gasteiger partial charge in [-0.2, -0.15) is 0 Å². The van der Waals surface area contributed by atoms with E-state index < -0.39 is 0 Å². The first-order chi connectivity index (χ1) is 9.02. The molecule has 0 spiro atoms. The number of carbonyl (C=O) groups excluding carboxylic acids is 1. The average molecular weight is 271 g/mol. The van der Waals surface area contributed by atoms with Crippen molar-refractivity contribution < 1.29 is 9.90 Å². The first-order valence-corrected chi connectivity index (χ1v) is 7.42. The Morgan fingerprint density at radius 3 is 2.79 bits per heavy atom. The topological polar surface area (TPSA) is 64.6 Å². The lowest BCUT2D eigenvalue weighted by Crippen LogP contribution is -2.47. The van der Waals surface area contributed by atoms with Crippen LogP contribution in [0.2, 0.25) is 0 Å². The van der Waals surface area contributed by atoms with E-state index in [2.05, 4.69) is 29.4 Å². The Labute approximate surface area is 116 Å². The number of rotatable bonds is 6. The van der Waals surface area contributed by atoms with Gasteiger partial charge in [-0.3, -0.25) is 0 Å². The summed E-state index contributed by atoms with van der Waals surface area (Å²) in [5, 5.41) is 14.6. The molecule has 0 aromatic heterocycles. The molecule has 1 heterocycles. The summed E-state index contributed by atoms with van der Waals surface area (Å²) in [6.07, 6.45) is 3.00. The number of nitrogens with one attached hydrogen (secondary N) is 2. The van der Waals surface area contributed by atoms with E-state index in [1.807, 2.05) is 6.92 Å². The second-order valence-electron chi connectivity index (χ2n) is 5.86. The van der Waals surface area contributed by atoms with Crippen LogP contribution in [0, 0.1) is 5.92 Å². The summed E-state index contributed by atoms with van der Waals surface area (Å²) in [7, 11) is 0. The molecule has 0 aromatic rings. The minimum absolute atomic E-state index is 0.0171. The summed E-state index contributed by atoms with van der Waals surface area (Å²) in [4.78, 5) is 14.1. The van der Waals surface area contributed by atoms with Gasteiger partial charge in [0.2, 0.25) is 0 Å². The Bertz CT molecular complexity index is 271. The molecule has 5 heteroatoms. The van der Waals surface area contributed by atoms with Gasteiger partial charge in [-0.25, -0.2) is 4.79 Å². The lowest BCUT2D eigenvalue weighted by Gasteiger charge is -2.35. The molecule has 19 heavy (non-hydrogen) atoms. The third-order valence-corrected chi connectivity index (χ3v) is 3.77. The summed E-state index contributed by atoms with van der Waals surface area (Å²) in [5.74, 6) is 0.551. The van der Waals surface area contributed by atoms with E-state index in [1.165, 1.54) is 19.4 Å². The number of nitrogens with zero attached hydrogens (tertiary/aromatic N) is 1. The summed E-state index contributed by atoms with van der Waals surface area (Å²) in [5.41, 5.74) is 0. The molecule has 1 aliphatic heterocycles. The molecule has 2 amide bonds. The van der Waals surface area contributed by atoms with Crippen molar-refractivity contribution >= 4 is 6.03 Å². The number of aliphatic hydroxyl groups excluding tert-OH is 1. The summed E-state index contributed by atoms with van der Waals surface area (Å²) >= 11 is 0. The van der Waals surface area contributed by atoms with Crippen molar-refractivity contribution in [1.29, 1.82) is 0 Å². The van der Waals surface area contributed by atoms with Crippen LogP contribution < -0.4 is 10.6 Å². The fraction of sp³-hybridized carbons (Fsp3) is 0.929. The Balaban J connectivity index is 2.22. The molecule has 0 aliphatic carbocycles. The van der Waals surface area contributed by atoms with E-state index in [1.54, 1.807) is 0 Å². The van der Waals surface area contributed by atoms with Gasteiger partial charge in [0.1, 0.15) is 0 Å². The van der Waals surface area contributed by atoms with Crippen LogP contribution in [0.4, 0.5) is 4.79 Å². The van der Waals surface area contributed by atoms with Crippen LogP contribution in [-0.4, -0.2) is 54.4 Å². The number of hydrogen-bond donors (Lipinski definition) is 3. The minimum atomic E-state index is -0.123. The highest BCUT2D eigenvalue weighted by Crippen LogP contribution is 2.17. The number of carbonyl (C=O) groups is 1. The Morgan fingerprint density at radius 2 is 2.16 bits per heavy atom. The summed E-state index contributed by atoms with van der Waals surface area (Å²) < 4.78 is 0. The minimum Gasteiger partial charge on any atom is -0.396 e. The Morgan fingerprint density at radius 1 is 1.42 bits per heavy atom. The number of aliphatic hydroxyl groups is 1. The Hall–Kier alpha value is -0.810. The molecule has 112 valence electrons. The van der Waals surface area contributed by atoms with Crippen LogP contribution >= 0.6 is 0 Å². The fourth-order valence-corrected chi connectivity index (χ4v) is 2.51. The molecule has 2 atom stereocenters. The SMILES string of the molecule is CC(C)N1CCCC(CNC(=O)N[C@H](C)CCO)C1. The molecule has 1 aliphatic rings. The van der Waals surface area contributed by atoms with Crippen LogP contribution in [0.1, 0.15) is 40.0 Å². The smallest absolute Gasteiger partial charge is 0.315 e. The summed E-state index contributed by atoms with van der Waals surface area (Å²) in [6, 6.07) is 0.479. The highest BCUT2D eigenvalue weighted by Gasteiger charge is 2.21. The largest absolute Gasteiger partial charge is 0.396 e. The second-order valence-corrected chi connectivity index (χ2v) is 5.86. The van der Waals surface area contributed by atoms with Gasteiger partial charge in [0.15, 0.2) is 0 Å². The number of likely N-dealkylation sites (tertiary alicyclic amines) is 1. The Kier molecular flexibility index (Phi) is 7.16. The molecule has 0 saturated carbocycles. The second kappa shape index (κ2) is 8.38. The van der Waals surface area contributed by atoms with Crippen LogP contribution in [-0.2, 0) is 0 Å². The van der Waals surface area contributed by atoms with Crippen LogP contribution in [0.5, 0.6) is 0 Å². The molecular weight excluding hydrogens is 242 g/mol. The molecule has 0 bridgehead atoms. The maximum Gasteiger partial charge on any atom is 0.315 e. The zero-order valence-corrected chi connectivity index (χ0v) is 12.5. The van der Waals surface area contributed by atoms with Gasteiger partial charge in [0.25, 0.3) is 0 Å². The molecule has 5 nitrogen and oxygen atoms in total. The van der Waals surface area contributed by atoms with Crippen molar-refractivity contribution in [1.82, 2.24) is 15.5 Å². The molecule has 1 saturated heterocycles. The molecule has 0 radical (unpaired) electrons. The monoisotopic (exact) mass is 271 g/mol. The molecule has 1 fully saturated rings. The van der Waals surface area contributed by atoms with E-state index in [0.29, 0.717) is 18.4 Å². The highest BCUT2D eigenvalue weighted by atomic mass is 16.3. The first-order valence-electron chi connectivity index (χ1n) is 7.42. The van der Waals surface area contributed by atoms with Crippen molar-refractivity contribution in [2.75, 3.05) is 26.2 Å². The number of piperidine rings is 1. The molecule has 3 N–H and O–H groups in total. The number of amides is 2. The highest BCUT2D eigenvalue weighted by molar-refractivity contribution is 5.74. The summed E-state index contributed by atoms with van der Waals surface area (Å²) in [6.45, 7) is 9.43. The van der Waals surface area contributed by atoms with E-state index in [0.717, 1.165) is 13.1 Å². The predicted octanol–water partition coefficient (Wildman–Crippen LogP) is 1.18. The van der Waals surface area contributed by atoms with Gasteiger partial charge in [-0.05, 0) is 52.5 Å². The van der Waals surface area contributed by atoms with E-state index >= 15 is 0 Å². The molecular formula is C14H29N3O2. The van der Waals surface area contributed by atoms with Crippen molar-refractivity contribution in [3.63, 3.8) is 0 Å². The number of hydrogen-bond acceptors (Lipinski definition) is 3. The average Bonchev–Trinajstić information content (AvgIpc) is 2.37. The lowest BCUT2D eigenvalue weighted by molar-refractivity contribution is 0.139. The van der Waals surface area contributed by atoms with Crippen LogP contribution in [0.3, 0.4) is 0 Å². The van der Waals surface area contributed by atoms with Crippen molar-refractivity contribution in [2.45, 2.75) is 52.1 Å². The first kappa shape index (κ1) is 16.2. The predicted molar refractivity (Wildman–Crippen MR) is 77.1 cm³/mol. The van der Waals surface area contributed by atoms with E-state index in [9.17, 15) is 4.79 Å². The van der Waals surface area contributed by atoms with Gasteiger partial charge in [0, 0.05) is 31.8 Å². The van der Waals surface area contributed by atoms with Crippen molar-refractivity contribution in [3.05, 3.63) is 0 Å². The molecule has 1 rings (SSSR count). The zero-order chi connectivity index (χ0) is 14.3.